The average Bonchev–Trinajstić information content (AvgIpc) is 2.40. The summed E-state index contributed by atoms with van der Waals surface area (Å²) < 4.78 is 0. The molecule has 0 aromatic heterocycles. The van der Waals surface area contributed by atoms with Crippen LogP contribution in [0.5, 0.6) is 0 Å². The highest BCUT2D eigenvalue weighted by atomic mass is 16.2. The molecule has 17 heavy (non-hydrogen) atoms. The van der Waals surface area contributed by atoms with Gasteiger partial charge in [0.25, 0.3) is 0 Å². The lowest BCUT2D eigenvalue weighted by molar-refractivity contribution is 0.108. The Labute approximate surface area is 104 Å². The highest BCUT2D eigenvalue weighted by Crippen LogP contribution is 2.12. The van der Waals surface area contributed by atoms with Gasteiger partial charge in [-0.1, -0.05) is 0 Å². The Morgan fingerprint density at radius 1 is 0.882 bits per heavy atom. The van der Waals surface area contributed by atoms with Crippen LogP contribution < -0.4 is 5.73 Å². The number of carbonyl (C=O) groups excluding carboxylic acids is 1. The first kappa shape index (κ1) is 12.6. The van der Waals surface area contributed by atoms with Gasteiger partial charge in [-0.2, -0.15) is 0 Å². The fraction of sp³-hybridized carbons (Fsp3) is 0.917. The monoisotopic (exact) mass is 240 g/mol. The summed E-state index contributed by atoms with van der Waals surface area (Å²) in [4.78, 5) is 18.6. The molecule has 0 aromatic rings. The van der Waals surface area contributed by atoms with Gasteiger partial charge >= 0.3 is 6.03 Å². The van der Waals surface area contributed by atoms with Crippen molar-refractivity contribution in [2.24, 2.45) is 5.73 Å². The standard InChI is InChI=1S/C12H24N4O/c13-4-7-14-8-10-16(11-9-14)12(17)15-5-2-1-3-6-15/h1-11,13H2. The lowest BCUT2D eigenvalue weighted by Crippen LogP contribution is -2.54. The summed E-state index contributed by atoms with van der Waals surface area (Å²) in [6, 6.07) is 0.247. The maximum absolute atomic E-state index is 12.2. The fourth-order valence-electron chi connectivity index (χ4n) is 2.63. The lowest BCUT2D eigenvalue weighted by atomic mass is 10.1. The molecule has 98 valence electrons. The Balaban J connectivity index is 1.77. The first-order valence-electron chi connectivity index (χ1n) is 6.77. The predicted octanol–water partition coefficient (Wildman–Crippen LogP) is 0.169. The van der Waals surface area contributed by atoms with E-state index in [4.69, 9.17) is 5.73 Å². The Morgan fingerprint density at radius 2 is 1.47 bits per heavy atom. The second-order valence-corrected chi connectivity index (χ2v) is 4.95. The van der Waals surface area contributed by atoms with Crippen LogP contribution in [-0.4, -0.2) is 73.1 Å². The van der Waals surface area contributed by atoms with Crippen molar-refractivity contribution < 1.29 is 4.79 Å². The van der Waals surface area contributed by atoms with Crippen LogP contribution in [0.2, 0.25) is 0 Å². The molecule has 2 rings (SSSR count). The highest BCUT2D eigenvalue weighted by molar-refractivity contribution is 5.74. The van der Waals surface area contributed by atoms with Crippen molar-refractivity contribution in [2.45, 2.75) is 19.3 Å². The van der Waals surface area contributed by atoms with Gasteiger partial charge in [0.05, 0.1) is 0 Å². The van der Waals surface area contributed by atoms with E-state index >= 15 is 0 Å². The maximum atomic E-state index is 12.2. The Kier molecular flexibility index (Phi) is 4.62. The van der Waals surface area contributed by atoms with Crippen LogP contribution in [-0.2, 0) is 0 Å². The minimum atomic E-state index is 0.247. The molecule has 2 saturated heterocycles. The van der Waals surface area contributed by atoms with Gasteiger partial charge in [0.2, 0.25) is 0 Å². The van der Waals surface area contributed by atoms with Gasteiger partial charge in [-0.25, -0.2) is 4.79 Å². The van der Waals surface area contributed by atoms with Gasteiger partial charge in [-0.05, 0) is 19.3 Å². The van der Waals surface area contributed by atoms with E-state index in [-0.39, 0.29) is 6.03 Å². The first-order chi connectivity index (χ1) is 8.31. The number of hydrogen-bond acceptors (Lipinski definition) is 3. The van der Waals surface area contributed by atoms with E-state index in [1.165, 1.54) is 19.3 Å². The third kappa shape index (κ3) is 3.33. The number of piperidine rings is 1. The molecule has 2 amide bonds. The van der Waals surface area contributed by atoms with Crippen LogP contribution in [0.25, 0.3) is 0 Å². The topological polar surface area (TPSA) is 52.8 Å². The number of hydrogen-bond donors (Lipinski definition) is 1. The van der Waals surface area contributed by atoms with Crippen LogP contribution in [0, 0.1) is 0 Å². The van der Waals surface area contributed by atoms with Gasteiger partial charge in [0.15, 0.2) is 0 Å². The van der Waals surface area contributed by atoms with Gasteiger partial charge in [0.1, 0.15) is 0 Å². The van der Waals surface area contributed by atoms with Crippen molar-refractivity contribution in [3.63, 3.8) is 0 Å². The molecular formula is C12H24N4O. The SMILES string of the molecule is NCCN1CCN(C(=O)N2CCCCC2)CC1. The molecule has 0 atom stereocenters. The van der Waals surface area contributed by atoms with Crippen LogP contribution in [0.4, 0.5) is 4.79 Å². The molecule has 5 heteroatoms. The minimum absolute atomic E-state index is 0.247. The van der Waals surface area contributed by atoms with Gasteiger partial charge in [-0.3, -0.25) is 4.90 Å². The number of urea groups is 1. The average molecular weight is 240 g/mol. The number of likely N-dealkylation sites (tertiary alicyclic amines) is 1. The number of nitrogens with zero attached hydrogens (tertiary/aromatic N) is 3. The molecule has 2 heterocycles. The van der Waals surface area contributed by atoms with Crippen LogP contribution in [0.15, 0.2) is 0 Å². The van der Waals surface area contributed by atoms with Crippen molar-refractivity contribution in [3.8, 4) is 0 Å². The molecule has 0 aliphatic carbocycles. The van der Waals surface area contributed by atoms with Gasteiger partial charge in [0, 0.05) is 52.4 Å². The molecule has 0 unspecified atom stereocenters. The van der Waals surface area contributed by atoms with E-state index in [0.29, 0.717) is 6.54 Å². The maximum Gasteiger partial charge on any atom is 0.320 e. The van der Waals surface area contributed by atoms with Crippen molar-refractivity contribution >= 4 is 6.03 Å². The molecule has 0 bridgehead atoms. The summed E-state index contributed by atoms with van der Waals surface area (Å²) in [6.45, 7) is 7.20. The lowest BCUT2D eigenvalue weighted by Gasteiger charge is -2.38. The van der Waals surface area contributed by atoms with Gasteiger partial charge < -0.3 is 15.5 Å². The largest absolute Gasteiger partial charge is 0.329 e. The number of amides is 2. The Morgan fingerprint density at radius 3 is 2.06 bits per heavy atom. The molecule has 5 nitrogen and oxygen atoms in total. The van der Waals surface area contributed by atoms with E-state index in [1.54, 1.807) is 0 Å². The van der Waals surface area contributed by atoms with Crippen LogP contribution in [0.1, 0.15) is 19.3 Å². The number of nitrogens with two attached hydrogens (primary N) is 1. The molecule has 2 aliphatic rings. The predicted molar refractivity (Wildman–Crippen MR) is 67.9 cm³/mol. The zero-order valence-corrected chi connectivity index (χ0v) is 10.6. The summed E-state index contributed by atoms with van der Waals surface area (Å²) >= 11 is 0. The zero-order chi connectivity index (χ0) is 12.1. The molecule has 0 saturated carbocycles. The van der Waals surface area contributed by atoms with Crippen LogP contribution >= 0.6 is 0 Å². The summed E-state index contributed by atoms with van der Waals surface area (Å²) in [6.07, 6.45) is 3.60. The number of piperazine rings is 1. The Bertz CT molecular complexity index is 245. The summed E-state index contributed by atoms with van der Waals surface area (Å²) in [5, 5.41) is 0. The number of carbonyl (C=O) groups is 1. The van der Waals surface area contributed by atoms with Gasteiger partial charge in [-0.15, -0.1) is 0 Å². The molecule has 2 aliphatic heterocycles. The van der Waals surface area contributed by atoms with Crippen molar-refractivity contribution in [1.82, 2.24) is 14.7 Å². The molecule has 2 N–H and O–H groups in total. The molecule has 0 aromatic carbocycles. The summed E-state index contributed by atoms with van der Waals surface area (Å²) in [5.41, 5.74) is 5.54. The second-order valence-electron chi connectivity index (χ2n) is 4.95. The normalized spacial score (nSPS) is 22.9. The fourth-order valence-corrected chi connectivity index (χ4v) is 2.63. The van der Waals surface area contributed by atoms with Crippen LogP contribution in [0.3, 0.4) is 0 Å². The van der Waals surface area contributed by atoms with E-state index in [2.05, 4.69) is 4.90 Å². The third-order valence-electron chi connectivity index (χ3n) is 3.71. The van der Waals surface area contributed by atoms with Crippen molar-refractivity contribution in [1.29, 1.82) is 0 Å². The number of rotatable bonds is 2. The third-order valence-corrected chi connectivity index (χ3v) is 3.71. The highest BCUT2D eigenvalue weighted by Gasteiger charge is 2.25. The molecule has 0 spiro atoms. The molecular weight excluding hydrogens is 216 g/mol. The molecule has 0 radical (unpaired) electrons. The van der Waals surface area contributed by atoms with E-state index < -0.39 is 0 Å². The quantitative estimate of drug-likeness (QED) is 0.748. The second kappa shape index (κ2) is 6.21. The first-order valence-corrected chi connectivity index (χ1v) is 6.77. The summed E-state index contributed by atoms with van der Waals surface area (Å²) in [5.74, 6) is 0. The van der Waals surface area contributed by atoms with E-state index in [1.807, 2.05) is 9.80 Å². The Hall–Kier alpha value is -0.810. The van der Waals surface area contributed by atoms with E-state index in [0.717, 1.165) is 45.8 Å². The smallest absolute Gasteiger partial charge is 0.320 e. The van der Waals surface area contributed by atoms with E-state index in [9.17, 15) is 4.79 Å². The zero-order valence-electron chi connectivity index (χ0n) is 10.6. The van der Waals surface area contributed by atoms with Crippen molar-refractivity contribution in [2.75, 3.05) is 52.4 Å². The minimum Gasteiger partial charge on any atom is -0.329 e. The summed E-state index contributed by atoms with van der Waals surface area (Å²) in [7, 11) is 0. The molecule has 2 fully saturated rings. The van der Waals surface area contributed by atoms with Crippen molar-refractivity contribution in [3.05, 3.63) is 0 Å².